The van der Waals surface area contributed by atoms with E-state index in [0.717, 1.165) is 18.6 Å². The Morgan fingerprint density at radius 3 is 2.31 bits per heavy atom. The number of pyridine rings is 1. The lowest BCUT2D eigenvalue weighted by molar-refractivity contribution is -0.984. The molecule has 3 fully saturated rings. The molecular weight excluding hydrogens is 522 g/mol. The highest BCUT2D eigenvalue weighted by Gasteiger charge is 2.54. The normalized spacial score (nSPS) is 26.1. The first kappa shape index (κ1) is 27.6. The van der Waals surface area contributed by atoms with Crippen LogP contribution in [0.25, 0.3) is 10.9 Å². The minimum atomic E-state index is -4.94. The van der Waals surface area contributed by atoms with Gasteiger partial charge in [-0.3, -0.25) is 4.98 Å². The molecule has 3 aromatic rings. The summed E-state index contributed by atoms with van der Waals surface area (Å²) in [7, 11) is 0. The highest BCUT2D eigenvalue weighted by Crippen LogP contribution is 2.48. The van der Waals surface area contributed by atoms with E-state index in [1.807, 2.05) is 6.08 Å². The molecule has 208 valence electrons. The second kappa shape index (κ2) is 9.91. The number of benzene rings is 2. The first-order chi connectivity index (χ1) is 18.3. The molecule has 2 N–H and O–H groups in total. The van der Waals surface area contributed by atoms with Crippen molar-refractivity contribution in [2.75, 3.05) is 13.1 Å². The molecule has 3 saturated heterocycles. The molecule has 0 saturated carbocycles. The molecule has 4 nitrogen and oxygen atoms in total. The van der Waals surface area contributed by atoms with Gasteiger partial charge in [0, 0.05) is 35.9 Å². The van der Waals surface area contributed by atoms with Crippen LogP contribution in [0.4, 0.5) is 26.3 Å². The summed E-state index contributed by atoms with van der Waals surface area (Å²) in [6.45, 7) is 4.60. The number of aliphatic hydroxyl groups excluding tert-OH is 2. The number of fused-ring (bicyclic) bond motifs is 4. The summed E-state index contributed by atoms with van der Waals surface area (Å²) in [6.07, 6.45) is -6.27. The Morgan fingerprint density at radius 2 is 1.69 bits per heavy atom. The summed E-state index contributed by atoms with van der Waals surface area (Å²) < 4.78 is 81.8. The van der Waals surface area contributed by atoms with Gasteiger partial charge >= 0.3 is 12.4 Å². The lowest BCUT2D eigenvalue weighted by Gasteiger charge is -2.58. The minimum Gasteiger partial charge on any atom is -0.392 e. The van der Waals surface area contributed by atoms with Crippen LogP contribution >= 0.6 is 0 Å². The van der Waals surface area contributed by atoms with E-state index >= 15 is 0 Å². The van der Waals surface area contributed by atoms with Crippen molar-refractivity contribution in [3.05, 3.63) is 89.1 Å². The highest BCUT2D eigenvalue weighted by atomic mass is 19.4. The number of hydrogen-bond donors (Lipinski definition) is 2. The Morgan fingerprint density at radius 1 is 1.00 bits per heavy atom. The molecule has 5 atom stereocenters. The lowest BCUT2D eigenvalue weighted by Crippen LogP contribution is -2.67. The van der Waals surface area contributed by atoms with Gasteiger partial charge in [-0.2, -0.15) is 26.3 Å². The van der Waals surface area contributed by atoms with Crippen LogP contribution < -0.4 is 0 Å². The second-order valence-corrected chi connectivity index (χ2v) is 10.8. The van der Waals surface area contributed by atoms with Crippen molar-refractivity contribution in [1.29, 1.82) is 0 Å². The number of piperidine rings is 3. The Labute approximate surface area is 221 Å². The monoisotopic (exact) mass is 551 g/mol. The average molecular weight is 552 g/mol. The fourth-order valence-electron chi connectivity index (χ4n) is 6.63. The van der Waals surface area contributed by atoms with Gasteiger partial charge < -0.3 is 14.7 Å². The quantitative estimate of drug-likeness (QED) is 0.212. The number of nitrogens with zero attached hydrogens (tertiary/aromatic N) is 2. The summed E-state index contributed by atoms with van der Waals surface area (Å²) >= 11 is 0. The third-order valence-electron chi connectivity index (χ3n) is 8.53. The topological polar surface area (TPSA) is 53.4 Å². The third kappa shape index (κ3) is 5.17. The molecule has 0 radical (unpaired) electrons. The van der Waals surface area contributed by atoms with E-state index in [9.17, 15) is 36.6 Å². The maximum absolute atomic E-state index is 13.6. The van der Waals surface area contributed by atoms with E-state index in [-0.39, 0.29) is 41.1 Å². The van der Waals surface area contributed by atoms with E-state index in [4.69, 9.17) is 0 Å². The maximum Gasteiger partial charge on any atom is 0.416 e. The van der Waals surface area contributed by atoms with Crippen molar-refractivity contribution in [1.82, 2.24) is 4.98 Å². The minimum absolute atomic E-state index is 0.0326. The van der Waals surface area contributed by atoms with Gasteiger partial charge in [-0.15, -0.1) is 6.58 Å². The molecule has 1 aromatic heterocycles. The molecule has 0 aliphatic carbocycles. The van der Waals surface area contributed by atoms with E-state index in [0.29, 0.717) is 41.5 Å². The van der Waals surface area contributed by atoms with Crippen LogP contribution in [0.5, 0.6) is 0 Å². The molecular formula is C29H29F6N2O2+. The molecule has 39 heavy (non-hydrogen) atoms. The molecule has 4 heterocycles. The number of halogens is 6. The van der Waals surface area contributed by atoms with Crippen molar-refractivity contribution in [3.8, 4) is 0 Å². The number of hydrogen-bond acceptors (Lipinski definition) is 3. The van der Waals surface area contributed by atoms with Crippen molar-refractivity contribution >= 4 is 10.9 Å². The van der Waals surface area contributed by atoms with Crippen LogP contribution in [0.3, 0.4) is 0 Å². The van der Waals surface area contributed by atoms with E-state index in [1.54, 1.807) is 30.5 Å². The SMILES string of the molecule is C=CC1C[N+]2(Cc3cc(C(F)(F)F)cc(C(F)(F)F)c3)CCC1C[C@@H]2[C@@H](O)c1ccnc2ccc(CO)cc12. The number of aliphatic hydroxyl groups is 2. The Bertz CT molecular complexity index is 1360. The van der Waals surface area contributed by atoms with Gasteiger partial charge in [0.1, 0.15) is 18.7 Å². The Balaban J connectivity index is 1.60. The van der Waals surface area contributed by atoms with Crippen molar-refractivity contribution in [2.45, 2.75) is 50.5 Å². The number of quaternary nitrogens is 1. The van der Waals surface area contributed by atoms with Gasteiger partial charge in [-0.1, -0.05) is 12.1 Å². The predicted octanol–water partition coefficient (Wildman–Crippen LogP) is 6.41. The van der Waals surface area contributed by atoms with Crippen molar-refractivity contribution in [2.24, 2.45) is 11.8 Å². The van der Waals surface area contributed by atoms with Gasteiger partial charge in [0.15, 0.2) is 0 Å². The summed E-state index contributed by atoms with van der Waals surface area (Å²) in [5.41, 5.74) is -0.935. The molecule has 6 rings (SSSR count). The molecule has 2 aromatic carbocycles. The number of rotatable bonds is 6. The zero-order valence-corrected chi connectivity index (χ0v) is 21.0. The van der Waals surface area contributed by atoms with Crippen LogP contribution in [0, 0.1) is 11.8 Å². The Hall–Kier alpha value is -2.95. The van der Waals surface area contributed by atoms with Crippen LogP contribution in [0.2, 0.25) is 0 Å². The highest BCUT2D eigenvalue weighted by molar-refractivity contribution is 5.83. The fraction of sp³-hybridized carbons (Fsp3) is 0.414. The molecule has 3 aliphatic heterocycles. The Kier molecular flexibility index (Phi) is 7.01. The summed E-state index contributed by atoms with van der Waals surface area (Å²) in [5.74, 6) is 0.237. The van der Waals surface area contributed by atoms with Gasteiger partial charge in [0.25, 0.3) is 0 Å². The zero-order chi connectivity index (χ0) is 28.2. The molecule has 10 heteroatoms. The summed E-state index contributed by atoms with van der Waals surface area (Å²) in [6, 6.07) is 8.17. The largest absolute Gasteiger partial charge is 0.416 e. The molecule has 2 bridgehead atoms. The van der Waals surface area contributed by atoms with E-state index < -0.39 is 35.6 Å². The van der Waals surface area contributed by atoms with Crippen LogP contribution in [0.1, 0.15) is 46.8 Å². The van der Waals surface area contributed by atoms with Crippen molar-refractivity contribution < 1.29 is 41.0 Å². The van der Waals surface area contributed by atoms with Gasteiger partial charge in [-0.05, 0) is 53.4 Å². The van der Waals surface area contributed by atoms with Crippen LogP contribution in [-0.2, 0) is 25.5 Å². The second-order valence-electron chi connectivity index (χ2n) is 10.8. The molecule has 0 spiro atoms. The summed E-state index contributed by atoms with van der Waals surface area (Å²) in [4.78, 5) is 4.34. The van der Waals surface area contributed by atoms with E-state index in [2.05, 4.69) is 11.6 Å². The number of aromatic nitrogens is 1. The average Bonchev–Trinajstić information content (AvgIpc) is 2.90. The maximum atomic E-state index is 13.6. The molecule has 3 unspecified atom stereocenters. The molecule has 3 aliphatic rings. The third-order valence-corrected chi connectivity index (χ3v) is 8.53. The summed E-state index contributed by atoms with van der Waals surface area (Å²) in [5, 5.41) is 22.1. The standard InChI is InChI=1S/C29H29F6N2O2/c1-2-19-15-37(14-18-9-21(28(30,31)32)13-22(10-18)29(33,34)35)8-6-20(19)12-26(37)27(39)23-5-7-36-25-4-3-17(16-38)11-24(23)25/h2-5,7,9-11,13,19-20,26-27,38-39H,1,6,8,12,14-16H2/q+1/t19?,20?,26-,27+,37?/m1/s1. The first-order valence-electron chi connectivity index (χ1n) is 12.8. The van der Waals surface area contributed by atoms with Gasteiger partial charge in [-0.25, -0.2) is 0 Å². The first-order valence-corrected chi connectivity index (χ1v) is 12.8. The predicted molar refractivity (Wildman–Crippen MR) is 133 cm³/mol. The van der Waals surface area contributed by atoms with Crippen LogP contribution in [-0.4, -0.2) is 38.8 Å². The van der Waals surface area contributed by atoms with Gasteiger partial charge in [0.2, 0.25) is 0 Å². The molecule has 0 amide bonds. The lowest BCUT2D eigenvalue weighted by atomic mass is 9.71. The van der Waals surface area contributed by atoms with E-state index in [1.165, 1.54) is 0 Å². The smallest absolute Gasteiger partial charge is 0.392 e. The zero-order valence-electron chi connectivity index (χ0n) is 21.0. The van der Waals surface area contributed by atoms with Crippen LogP contribution in [0.15, 0.2) is 61.3 Å². The number of alkyl halides is 6. The fourth-order valence-corrected chi connectivity index (χ4v) is 6.63. The van der Waals surface area contributed by atoms with Crippen molar-refractivity contribution in [3.63, 3.8) is 0 Å². The van der Waals surface area contributed by atoms with Gasteiger partial charge in [0.05, 0.1) is 36.3 Å².